The number of aryl methyl sites for hydroxylation is 1. The maximum absolute atomic E-state index is 3.69. The number of nitrogens with zero attached hydrogens (tertiary/aromatic N) is 2. The van der Waals surface area contributed by atoms with E-state index in [-0.39, 0.29) is 0 Å². The summed E-state index contributed by atoms with van der Waals surface area (Å²) in [7, 11) is 0. The second-order valence-corrected chi connectivity index (χ2v) is 3.46. The molecule has 0 aliphatic heterocycles. The molecule has 0 atom stereocenters. The van der Waals surface area contributed by atoms with Crippen molar-refractivity contribution in [1.82, 2.24) is 4.57 Å². The van der Waals surface area contributed by atoms with Crippen LogP contribution in [0.15, 0.2) is 25.3 Å². The Kier molecular flexibility index (Phi) is 3.09. The highest BCUT2D eigenvalue weighted by Crippen LogP contribution is 1.97. The topological polar surface area (TPSA) is 8.81 Å². The fourth-order valence-corrected chi connectivity index (χ4v) is 1.06. The summed E-state index contributed by atoms with van der Waals surface area (Å²) < 4.78 is 4.14. The average molecular weight is 165 g/mol. The molecule has 1 aromatic heterocycles. The Labute approximate surface area is 74.1 Å². The number of rotatable bonds is 4. The standard InChI is InChI=1S/C10H17N2/c1-4-11-7-8-12(9-11)6-5-10(2)3/h4,7-10H,1,5-6H2,2-3H3/q+1. The third-order valence-electron chi connectivity index (χ3n) is 1.89. The van der Waals surface area contributed by atoms with Crippen molar-refractivity contribution in [3.05, 3.63) is 25.3 Å². The summed E-state index contributed by atoms with van der Waals surface area (Å²) in [6, 6.07) is 0. The van der Waals surface area contributed by atoms with Crippen molar-refractivity contribution in [3.8, 4) is 0 Å². The van der Waals surface area contributed by atoms with Gasteiger partial charge in [0.25, 0.3) is 0 Å². The van der Waals surface area contributed by atoms with E-state index < -0.39 is 0 Å². The summed E-state index contributed by atoms with van der Waals surface area (Å²) in [6.07, 6.45) is 9.16. The molecular formula is C10H17N2+. The van der Waals surface area contributed by atoms with Gasteiger partial charge in [-0.15, -0.1) is 0 Å². The molecule has 12 heavy (non-hydrogen) atoms. The van der Waals surface area contributed by atoms with Gasteiger partial charge in [0, 0.05) is 0 Å². The Bertz CT molecular complexity index is 248. The van der Waals surface area contributed by atoms with Crippen LogP contribution in [0.5, 0.6) is 0 Å². The lowest BCUT2D eigenvalue weighted by molar-refractivity contribution is -0.697. The molecule has 1 rings (SSSR count). The predicted molar refractivity (Wildman–Crippen MR) is 50.5 cm³/mol. The van der Waals surface area contributed by atoms with Crippen molar-refractivity contribution >= 4 is 6.20 Å². The first-order valence-corrected chi connectivity index (χ1v) is 4.41. The number of hydrogen-bond acceptors (Lipinski definition) is 0. The number of aromatic nitrogens is 2. The zero-order valence-electron chi connectivity index (χ0n) is 7.90. The fraction of sp³-hybridized carbons (Fsp3) is 0.500. The molecule has 0 aliphatic rings. The second-order valence-electron chi connectivity index (χ2n) is 3.46. The van der Waals surface area contributed by atoms with Gasteiger partial charge >= 0.3 is 0 Å². The van der Waals surface area contributed by atoms with Crippen LogP contribution in [-0.4, -0.2) is 4.57 Å². The normalized spacial score (nSPS) is 10.6. The zero-order chi connectivity index (χ0) is 8.97. The van der Waals surface area contributed by atoms with Gasteiger partial charge in [0.1, 0.15) is 12.4 Å². The van der Waals surface area contributed by atoms with Crippen LogP contribution >= 0.6 is 0 Å². The quantitative estimate of drug-likeness (QED) is 0.603. The molecule has 2 heteroatoms. The van der Waals surface area contributed by atoms with E-state index in [1.165, 1.54) is 6.42 Å². The first-order chi connectivity index (χ1) is 5.72. The molecule has 0 amide bonds. The zero-order valence-corrected chi connectivity index (χ0v) is 7.90. The van der Waals surface area contributed by atoms with Crippen molar-refractivity contribution < 1.29 is 4.57 Å². The fourth-order valence-electron chi connectivity index (χ4n) is 1.06. The van der Waals surface area contributed by atoms with Crippen molar-refractivity contribution in [3.63, 3.8) is 0 Å². The van der Waals surface area contributed by atoms with Crippen LogP contribution in [0.3, 0.4) is 0 Å². The third-order valence-corrected chi connectivity index (χ3v) is 1.89. The predicted octanol–water partition coefficient (Wildman–Crippen LogP) is 1.92. The lowest BCUT2D eigenvalue weighted by Crippen LogP contribution is -2.31. The lowest BCUT2D eigenvalue weighted by atomic mass is 10.1. The molecule has 0 saturated carbocycles. The van der Waals surface area contributed by atoms with Gasteiger partial charge in [-0.2, -0.15) is 0 Å². The SMILES string of the molecule is C=Cn1cc[n+](CCC(C)C)c1. The van der Waals surface area contributed by atoms with Crippen LogP contribution in [0.1, 0.15) is 20.3 Å². The van der Waals surface area contributed by atoms with Crippen molar-refractivity contribution in [2.75, 3.05) is 0 Å². The van der Waals surface area contributed by atoms with E-state index in [2.05, 4.69) is 37.5 Å². The first-order valence-electron chi connectivity index (χ1n) is 4.41. The van der Waals surface area contributed by atoms with Gasteiger partial charge in [-0.25, -0.2) is 9.13 Å². The molecule has 2 nitrogen and oxygen atoms in total. The molecular weight excluding hydrogens is 148 g/mol. The summed E-state index contributed by atoms with van der Waals surface area (Å²) in [5.41, 5.74) is 0. The lowest BCUT2D eigenvalue weighted by Gasteiger charge is -1.99. The molecule has 0 radical (unpaired) electrons. The van der Waals surface area contributed by atoms with Crippen molar-refractivity contribution in [2.45, 2.75) is 26.8 Å². The Morgan fingerprint density at radius 3 is 2.83 bits per heavy atom. The molecule has 0 saturated heterocycles. The second kappa shape index (κ2) is 4.10. The van der Waals surface area contributed by atoms with Gasteiger partial charge in [-0.05, 0) is 12.3 Å². The Balaban J connectivity index is 2.47. The summed E-state index contributed by atoms with van der Waals surface area (Å²) in [4.78, 5) is 0. The minimum absolute atomic E-state index is 0.768. The van der Waals surface area contributed by atoms with Crippen molar-refractivity contribution in [2.24, 2.45) is 5.92 Å². The molecule has 0 spiro atoms. The highest BCUT2D eigenvalue weighted by Gasteiger charge is 2.01. The van der Waals surface area contributed by atoms with Crippen LogP contribution in [-0.2, 0) is 6.54 Å². The van der Waals surface area contributed by atoms with Gasteiger partial charge in [0.2, 0.25) is 6.33 Å². The van der Waals surface area contributed by atoms with E-state index in [0.717, 1.165) is 12.5 Å². The minimum Gasteiger partial charge on any atom is -0.236 e. The van der Waals surface area contributed by atoms with Gasteiger partial charge in [0.05, 0.1) is 12.7 Å². The summed E-state index contributed by atoms with van der Waals surface area (Å²) in [6.45, 7) is 9.27. The highest BCUT2D eigenvalue weighted by atomic mass is 15.1. The van der Waals surface area contributed by atoms with Crippen LogP contribution < -0.4 is 4.57 Å². The van der Waals surface area contributed by atoms with Gasteiger partial charge in [-0.1, -0.05) is 20.4 Å². The van der Waals surface area contributed by atoms with E-state index >= 15 is 0 Å². The van der Waals surface area contributed by atoms with E-state index in [4.69, 9.17) is 0 Å². The Morgan fingerprint density at radius 1 is 1.58 bits per heavy atom. The summed E-state index contributed by atoms with van der Waals surface area (Å²) in [5.74, 6) is 0.768. The van der Waals surface area contributed by atoms with E-state index in [9.17, 15) is 0 Å². The summed E-state index contributed by atoms with van der Waals surface area (Å²) >= 11 is 0. The molecule has 1 heterocycles. The highest BCUT2D eigenvalue weighted by molar-refractivity contribution is 5.12. The molecule has 66 valence electrons. The van der Waals surface area contributed by atoms with Gasteiger partial charge in [-0.3, -0.25) is 0 Å². The molecule has 0 aliphatic carbocycles. The van der Waals surface area contributed by atoms with Crippen LogP contribution in [0.25, 0.3) is 6.20 Å². The van der Waals surface area contributed by atoms with Gasteiger partial charge in [0.15, 0.2) is 0 Å². The molecule has 0 bridgehead atoms. The van der Waals surface area contributed by atoms with Crippen LogP contribution in [0.2, 0.25) is 0 Å². The number of hydrogen-bond donors (Lipinski definition) is 0. The molecule has 0 aromatic carbocycles. The first kappa shape index (κ1) is 9.04. The largest absolute Gasteiger partial charge is 0.248 e. The Morgan fingerprint density at radius 2 is 2.33 bits per heavy atom. The maximum atomic E-state index is 3.69. The minimum atomic E-state index is 0.768. The van der Waals surface area contributed by atoms with Crippen LogP contribution in [0, 0.1) is 5.92 Å². The maximum Gasteiger partial charge on any atom is 0.248 e. The van der Waals surface area contributed by atoms with Crippen LogP contribution in [0.4, 0.5) is 0 Å². The molecule has 0 unspecified atom stereocenters. The Hall–Kier alpha value is -1.05. The average Bonchev–Trinajstić information content (AvgIpc) is 2.48. The monoisotopic (exact) mass is 165 g/mol. The van der Waals surface area contributed by atoms with Gasteiger partial charge < -0.3 is 0 Å². The molecule has 0 fully saturated rings. The van der Waals surface area contributed by atoms with Crippen molar-refractivity contribution in [1.29, 1.82) is 0 Å². The molecule has 0 N–H and O–H groups in total. The number of imidazole rings is 1. The summed E-state index contributed by atoms with van der Waals surface area (Å²) in [5, 5.41) is 0. The van der Waals surface area contributed by atoms with E-state index in [0.29, 0.717) is 0 Å². The van der Waals surface area contributed by atoms with E-state index in [1.54, 1.807) is 6.20 Å². The molecule has 1 aromatic rings. The smallest absolute Gasteiger partial charge is 0.236 e. The third kappa shape index (κ3) is 2.53. The van der Waals surface area contributed by atoms with E-state index in [1.807, 2.05) is 10.8 Å².